The first-order chi connectivity index (χ1) is 10.8. The molecule has 0 heterocycles. The molecule has 2 N–H and O–H groups in total. The number of nitrogens with one attached hydrogen (secondary N) is 2. The third-order valence-corrected chi connectivity index (χ3v) is 2.76. The van der Waals surface area contributed by atoms with Gasteiger partial charge in [-0.2, -0.15) is 13.2 Å². The lowest BCUT2D eigenvalue weighted by Crippen LogP contribution is -2.38. The monoisotopic (exact) mass is 331 g/mol. The van der Waals surface area contributed by atoms with Crippen molar-refractivity contribution in [1.82, 2.24) is 10.6 Å². The molecular weight excluding hydrogens is 307 g/mol. The lowest BCUT2D eigenvalue weighted by Gasteiger charge is -2.13. The summed E-state index contributed by atoms with van der Waals surface area (Å²) in [6, 6.07) is 7.49. The summed E-state index contributed by atoms with van der Waals surface area (Å²) in [5.74, 6) is 1.15. The first-order valence-electron chi connectivity index (χ1n) is 7.64. The molecule has 0 atom stereocenters. The fourth-order valence-electron chi connectivity index (χ4n) is 1.78. The van der Waals surface area contributed by atoms with Gasteiger partial charge in [0.05, 0.1) is 19.1 Å². The highest BCUT2D eigenvalue weighted by Gasteiger charge is 2.26. The number of rotatable bonds is 7. The fraction of sp³-hybridized carbons (Fsp3) is 0.562. The Morgan fingerprint density at radius 2 is 1.83 bits per heavy atom. The molecule has 0 spiro atoms. The summed E-state index contributed by atoms with van der Waals surface area (Å²) >= 11 is 0. The summed E-state index contributed by atoms with van der Waals surface area (Å²) in [4.78, 5) is 4.28. The second kappa shape index (κ2) is 9.27. The SMILES string of the molecule is CCNC(=NCc1ccc(OC(C)C)cc1)NCCC(F)(F)F. The molecule has 130 valence electrons. The van der Waals surface area contributed by atoms with Crippen molar-refractivity contribution in [2.24, 2.45) is 4.99 Å². The Morgan fingerprint density at radius 1 is 1.17 bits per heavy atom. The zero-order chi connectivity index (χ0) is 17.3. The van der Waals surface area contributed by atoms with Gasteiger partial charge in [-0.05, 0) is 38.5 Å². The molecule has 1 rings (SSSR count). The number of benzene rings is 1. The number of halogens is 3. The summed E-state index contributed by atoms with van der Waals surface area (Å²) < 4.78 is 42.0. The van der Waals surface area contributed by atoms with E-state index in [-0.39, 0.29) is 12.6 Å². The van der Waals surface area contributed by atoms with Crippen molar-refractivity contribution >= 4 is 5.96 Å². The third kappa shape index (κ3) is 8.95. The highest BCUT2D eigenvalue weighted by Crippen LogP contribution is 2.18. The zero-order valence-electron chi connectivity index (χ0n) is 13.7. The average Bonchev–Trinajstić information content (AvgIpc) is 2.44. The average molecular weight is 331 g/mol. The maximum absolute atomic E-state index is 12.2. The maximum Gasteiger partial charge on any atom is 0.390 e. The summed E-state index contributed by atoms with van der Waals surface area (Å²) in [6.07, 6.45) is -4.95. The molecule has 0 unspecified atom stereocenters. The van der Waals surface area contributed by atoms with E-state index in [1.54, 1.807) is 0 Å². The van der Waals surface area contributed by atoms with Crippen molar-refractivity contribution in [3.63, 3.8) is 0 Å². The normalized spacial score (nSPS) is 12.4. The van der Waals surface area contributed by atoms with E-state index in [9.17, 15) is 13.2 Å². The van der Waals surface area contributed by atoms with Gasteiger partial charge in [-0.3, -0.25) is 0 Å². The van der Waals surface area contributed by atoms with Crippen LogP contribution in [0.25, 0.3) is 0 Å². The molecule has 23 heavy (non-hydrogen) atoms. The van der Waals surface area contributed by atoms with Crippen LogP contribution in [-0.2, 0) is 6.54 Å². The van der Waals surface area contributed by atoms with Gasteiger partial charge in [-0.1, -0.05) is 12.1 Å². The van der Waals surface area contributed by atoms with Crippen molar-refractivity contribution in [3.8, 4) is 5.75 Å². The van der Waals surface area contributed by atoms with Crippen molar-refractivity contribution in [2.45, 2.75) is 46.0 Å². The van der Waals surface area contributed by atoms with E-state index in [2.05, 4.69) is 15.6 Å². The number of aliphatic imine (C=N–C) groups is 1. The van der Waals surface area contributed by atoms with Crippen LogP contribution in [0.3, 0.4) is 0 Å². The molecular formula is C16H24F3N3O. The van der Waals surface area contributed by atoms with Crippen molar-refractivity contribution in [1.29, 1.82) is 0 Å². The molecule has 0 saturated heterocycles. The van der Waals surface area contributed by atoms with Crippen LogP contribution < -0.4 is 15.4 Å². The fourth-order valence-corrected chi connectivity index (χ4v) is 1.78. The van der Waals surface area contributed by atoms with Crippen molar-refractivity contribution < 1.29 is 17.9 Å². The Labute approximate surface area is 135 Å². The second-order valence-corrected chi connectivity index (χ2v) is 5.30. The molecule has 0 aromatic heterocycles. The number of nitrogens with zero attached hydrogens (tertiary/aromatic N) is 1. The largest absolute Gasteiger partial charge is 0.491 e. The first kappa shape index (κ1) is 19.1. The number of hydrogen-bond donors (Lipinski definition) is 2. The quantitative estimate of drug-likeness (QED) is 0.594. The minimum absolute atomic E-state index is 0.108. The Balaban J connectivity index is 2.55. The van der Waals surface area contributed by atoms with E-state index in [0.29, 0.717) is 19.0 Å². The standard InChI is InChI=1S/C16H24F3N3O/c1-4-20-15(21-10-9-16(17,18)19)22-11-13-5-7-14(8-6-13)23-12(2)3/h5-8,12H,4,9-11H2,1-3H3,(H2,20,21,22). The van der Waals surface area contributed by atoms with Crippen molar-refractivity contribution in [2.75, 3.05) is 13.1 Å². The molecule has 0 radical (unpaired) electrons. The highest BCUT2D eigenvalue weighted by molar-refractivity contribution is 5.79. The molecule has 4 nitrogen and oxygen atoms in total. The predicted octanol–water partition coefficient (Wildman–Crippen LogP) is 3.48. The number of alkyl halides is 3. The van der Waals surface area contributed by atoms with E-state index in [1.165, 1.54) is 0 Å². The molecule has 0 bridgehead atoms. The summed E-state index contributed by atoms with van der Waals surface area (Å²) in [5.41, 5.74) is 0.953. The number of ether oxygens (including phenoxy) is 1. The molecule has 0 aliphatic carbocycles. The number of guanidine groups is 1. The Hall–Kier alpha value is -1.92. The van der Waals surface area contributed by atoms with Crippen LogP contribution in [0.4, 0.5) is 13.2 Å². The van der Waals surface area contributed by atoms with Gasteiger partial charge in [0.15, 0.2) is 5.96 Å². The maximum atomic E-state index is 12.2. The van der Waals surface area contributed by atoms with E-state index in [4.69, 9.17) is 4.74 Å². The van der Waals surface area contributed by atoms with Gasteiger partial charge in [0.2, 0.25) is 0 Å². The highest BCUT2D eigenvalue weighted by atomic mass is 19.4. The smallest absolute Gasteiger partial charge is 0.390 e. The van der Waals surface area contributed by atoms with Gasteiger partial charge >= 0.3 is 6.18 Å². The van der Waals surface area contributed by atoms with E-state index >= 15 is 0 Å². The molecule has 0 amide bonds. The first-order valence-corrected chi connectivity index (χ1v) is 7.64. The lowest BCUT2D eigenvalue weighted by molar-refractivity contribution is -0.132. The molecule has 0 aliphatic heterocycles. The Morgan fingerprint density at radius 3 is 2.35 bits per heavy atom. The van der Waals surface area contributed by atoms with Crippen LogP contribution >= 0.6 is 0 Å². The van der Waals surface area contributed by atoms with Gasteiger partial charge in [0.1, 0.15) is 5.75 Å². The summed E-state index contributed by atoms with van der Waals surface area (Å²) in [5, 5.41) is 5.60. The minimum atomic E-state index is -4.17. The van der Waals surface area contributed by atoms with E-state index in [1.807, 2.05) is 45.0 Å². The molecule has 0 aliphatic rings. The minimum Gasteiger partial charge on any atom is -0.491 e. The summed E-state index contributed by atoms with van der Waals surface area (Å²) in [6.45, 7) is 6.53. The van der Waals surface area contributed by atoms with E-state index < -0.39 is 12.6 Å². The molecule has 1 aromatic carbocycles. The summed E-state index contributed by atoms with van der Waals surface area (Å²) in [7, 11) is 0. The lowest BCUT2D eigenvalue weighted by atomic mass is 10.2. The molecule has 1 aromatic rings. The van der Waals surface area contributed by atoms with Gasteiger partial charge in [-0.15, -0.1) is 0 Å². The van der Waals surface area contributed by atoms with E-state index in [0.717, 1.165) is 11.3 Å². The van der Waals surface area contributed by atoms with Crippen molar-refractivity contribution in [3.05, 3.63) is 29.8 Å². The third-order valence-electron chi connectivity index (χ3n) is 2.76. The van der Waals surface area contributed by atoms with Gasteiger partial charge in [0, 0.05) is 13.1 Å². The second-order valence-electron chi connectivity index (χ2n) is 5.30. The predicted molar refractivity (Wildman–Crippen MR) is 85.7 cm³/mol. The van der Waals surface area contributed by atoms with Crippen LogP contribution in [-0.4, -0.2) is 31.3 Å². The van der Waals surface area contributed by atoms with Crippen LogP contribution in [0.5, 0.6) is 5.75 Å². The number of hydrogen-bond acceptors (Lipinski definition) is 2. The Bertz CT molecular complexity index is 484. The topological polar surface area (TPSA) is 45.7 Å². The Kier molecular flexibility index (Phi) is 7.71. The zero-order valence-corrected chi connectivity index (χ0v) is 13.7. The van der Waals surface area contributed by atoms with Crippen LogP contribution in [0, 0.1) is 0 Å². The molecule has 7 heteroatoms. The van der Waals surface area contributed by atoms with Gasteiger partial charge in [-0.25, -0.2) is 4.99 Å². The van der Waals surface area contributed by atoms with Crippen LogP contribution in [0.1, 0.15) is 32.8 Å². The molecule has 0 fully saturated rings. The van der Waals surface area contributed by atoms with Crippen LogP contribution in [0.2, 0.25) is 0 Å². The van der Waals surface area contributed by atoms with Gasteiger partial charge < -0.3 is 15.4 Å². The van der Waals surface area contributed by atoms with Gasteiger partial charge in [0.25, 0.3) is 0 Å². The molecule has 0 saturated carbocycles. The van der Waals surface area contributed by atoms with Crippen LogP contribution in [0.15, 0.2) is 29.3 Å².